The van der Waals surface area contributed by atoms with Crippen LogP contribution in [0.2, 0.25) is 0 Å². The first kappa shape index (κ1) is 20.8. The second-order valence-corrected chi connectivity index (χ2v) is 9.77. The molecule has 0 radical (unpaired) electrons. The monoisotopic (exact) mass is 418 g/mol. The Kier molecular flexibility index (Phi) is 6.72. The van der Waals surface area contributed by atoms with Crippen LogP contribution in [0.1, 0.15) is 58.4 Å². The largest absolute Gasteiger partial charge is 0.325 e. The van der Waals surface area contributed by atoms with Gasteiger partial charge in [-0.3, -0.25) is 14.5 Å². The lowest BCUT2D eigenvalue weighted by Gasteiger charge is -2.17. The summed E-state index contributed by atoms with van der Waals surface area (Å²) < 4.78 is 0.697. The SMILES string of the molecule is CCC(=O)N(c1nnc(S[C@H](C)C(=O)Nc2ccc(C(C)C)cc2)s1)C1CC1. The van der Waals surface area contributed by atoms with Gasteiger partial charge in [-0.2, -0.15) is 0 Å². The van der Waals surface area contributed by atoms with Crippen LogP contribution in [-0.4, -0.2) is 33.3 Å². The molecule has 150 valence electrons. The Hall–Kier alpha value is -1.93. The summed E-state index contributed by atoms with van der Waals surface area (Å²) in [4.78, 5) is 26.5. The summed E-state index contributed by atoms with van der Waals surface area (Å²) in [7, 11) is 0. The van der Waals surface area contributed by atoms with E-state index in [-0.39, 0.29) is 23.1 Å². The minimum Gasteiger partial charge on any atom is -0.325 e. The highest BCUT2D eigenvalue weighted by Crippen LogP contribution is 2.37. The molecular formula is C20H26N4O2S2. The number of amides is 2. The number of carbonyl (C=O) groups is 2. The van der Waals surface area contributed by atoms with Crippen molar-refractivity contribution in [1.82, 2.24) is 10.2 Å². The molecule has 1 N–H and O–H groups in total. The van der Waals surface area contributed by atoms with Gasteiger partial charge in [0.05, 0.1) is 5.25 Å². The molecule has 2 amide bonds. The first-order chi connectivity index (χ1) is 13.4. The molecule has 0 saturated heterocycles. The average molecular weight is 419 g/mol. The van der Waals surface area contributed by atoms with E-state index >= 15 is 0 Å². The van der Waals surface area contributed by atoms with E-state index in [9.17, 15) is 9.59 Å². The first-order valence-electron chi connectivity index (χ1n) is 9.62. The lowest BCUT2D eigenvalue weighted by molar-refractivity contribution is -0.118. The van der Waals surface area contributed by atoms with Crippen LogP contribution < -0.4 is 10.2 Å². The fourth-order valence-corrected chi connectivity index (χ4v) is 4.79. The molecule has 0 bridgehead atoms. The van der Waals surface area contributed by atoms with Crippen LogP contribution in [0.25, 0.3) is 0 Å². The molecule has 6 nitrogen and oxygen atoms in total. The molecule has 0 spiro atoms. The Labute approximate surface area is 174 Å². The van der Waals surface area contributed by atoms with Gasteiger partial charge in [0.2, 0.25) is 16.9 Å². The predicted octanol–water partition coefficient (Wildman–Crippen LogP) is 4.69. The number of rotatable bonds is 8. The first-order valence-corrected chi connectivity index (χ1v) is 11.3. The second kappa shape index (κ2) is 9.05. The zero-order valence-corrected chi connectivity index (χ0v) is 18.3. The third-order valence-electron chi connectivity index (χ3n) is 4.58. The van der Waals surface area contributed by atoms with Gasteiger partial charge in [-0.05, 0) is 43.4 Å². The van der Waals surface area contributed by atoms with Gasteiger partial charge in [-0.1, -0.05) is 56.0 Å². The highest BCUT2D eigenvalue weighted by Gasteiger charge is 2.35. The molecule has 1 atom stereocenters. The minimum absolute atomic E-state index is 0.0748. The van der Waals surface area contributed by atoms with Gasteiger partial charge < -0.3 is 5.32 Å². The van der Waals surface area contributed by atoms with E-state index < -0.39 is 0 Å². The fourth-order valence-electron chi connectivity index (χ4n) is 2.72. The normalized spacial score (nSPS) is 14.8. The van der Waals surface area contributed by atoms with Crippen molar-refractivity contribution in [2.24, 2.45) is 0 Å². The van der Waals surface area contributed by atoms with Crippen molar-refractivity contribution in [3.63, 3.8) is 0 Å². The van der Waals surface area contributed by atoms with Gasteiger partial charge in [-0.25, -0.2) is 0 Å². The number of hydrogen-bond donors (Lipinski definition) is 1. The smallest absolute Gasteiger partial charge is 0.237 e. The topological polar surface area (TPSA) is 75.2 Å². The molecule has 1 fully saturated rings. The molecule has 3 rings (SSSR count). The predicted molar refractivity (Wildman–Crippen MR) is 115 cm³/mol. The number of anilines is 2. The third kappa shape index (κ3) is 5.11. The molecule has 1 aliphatic carbocycles. The van der Waals surface area contributed by atoms with E-state index in [2.05, 4.69) is 29.4 Å². The fraction of sp³-hybridized carbons (Fsp3) is 0.500. The van der Waals surface area contributed by atoms with Crippen LogP contribution >= 0.6 is 23.1 Å². The Balaban J connectivity index is 1.59. The lowest BCUT2D eigenvalue weighted by atomic mass is 10.0. The highest BCUT2D eigenvalue weighted by molar-refractivity contribution is 8.02. The summed E-state index contributed by atoms with van der Waals surface area (Å²) >= 11 is 2.74. The molecule has 1 heterocycles. The van der Waals surface area contributed by atoms with E-state index in [0.717, 1.165) is 18.5 Å². The van der Waals surface area contributed by atoms with E-state index in [4.69, 9.17) is 0 Å². The maximum atomic E-state index is 12.5. The quantitative estimate of drug-likeness (QED) is 0.497. The molecule has 28 heavy (non-hydrogen) atoms. The van der Waals surface area contributed by atoms with Crippen LogP contribution in [0.15, 0.2) is 28.6 Å². The van der Waals surface area contributed by atoms with Crippen LogP contribution in [0, 0.1) is 0 Å². The number of benzene rings is 1. The van der Waals surface area contributed by atoms with Crippen LogP contribution in [0.3, 0.4) is 0 Å². The van der Waals surface area contributed by atoms with E-state index in [1.165, 1.54) is 28.7 Å². The summed E-state index contributed by atoms with van der Waals surface area (Å²) in [6.45, 7) is 7.98. The van der Waals surface area contributed by atoms with Gasteiger partial charge in [0.25, 0.3) is 0 Å². The van der Waals surface area contributed by atoms with Crippen molar-refractivity contribution in [2.75, 3.05) is 10.2 Å². The zero-order valence-electron chi connectivity index (χ0n) is 16.6. The van der Waals surface area contributed by atoms with Crippen molar-refractivity contribution in [3.8, 4) is 0 Å². The molecule has 1 aromatic heterocycles. The highest BCUT2D eigenvalue weighted by atomic mass is 32.2. The van der Waals surface area contributed by atoms with E-state index in [0.29, 0.717) is 21.8 Å². The third-order valence-corrected chi connectivity index (χ3v) is 6.68. The van der Waals surface area contributed by atoms with Crippen LogP contribution in [-0.2, 0) is 9.59 Å². The van der Waals surface area contributed by atoms with Crippen molar-refractivity contribution in [2.45, 2.75) is 68.5 Å². The maximum Gasteiger partial charge on any atom is 0.237 e. The van der Waals surface area contributed by atoms with Gasteiger partial charge in [-0.15, -0.1) is 10.2 Å². The molecule has 8 heteroatoms. The van der Waals surface area contributed by atoms with Crippen molar-refractivity contribution >= 4 is 45.7 Å². The van der Waals surface area contributed by atoms with E-state index in [1.54, 1.807) is 4.90 Å². The van der Waals surface area contributed by atoms with E-state index in [1.807, 2.05) is 38.1 Å². The zero-order chi connectivity index (χ0) is 20.3. The molecule has 0 aliphatic heterocycles. The summed E-state index contributed by atoms with van der Waals surface area (Å²) in [6, 6.07) is 8.18. The Morgan fingerprint density at radius 3 is 2.46 bits per heavy atom. The summed E-state index contributed by atoms with van der Waals surface area (Å²) in [5.41, 5.74) is 2.02. The Morgan fingerprint density at radius 1 is 1.21 bits per heavy atom. The summed E-state index contributed by atoms with van der Waals surface area (Å²) in [5.74, 6) is 0.453. The Bertz CT molecular complexity index is 831. The molecule has 2 aromatic rings. The minimum atomic E-state index is -0.318. The standard InChI is InChI=1S/C20H26N4O2S2/c1-5-17(25)24(16-10-11-16)19-22-23-20(28-19)27-13(4)18(26)21-15-8-6-14(7-9-15)12(2)3/h6-9,12-13,16H,5,10-11H2,1-4H3,(H,21,26)/t13-/m1/s1. The number of aromatic nitrogens is 2. The lowest BCUT2D eigenvalue weighted by Crippen LogP contribution is -2.32. The summed E-state index contributed by atoms with van der Waals surface area (Å²) in [5, 5.41) is 11.6. The molecule has 1 aliphatic rings. The number of hydrogen-bond acceptors (Lipinski definition) is 6. The van der Waals surface area contributed by atoms with Crippen LogP contribution in [0.4, 0.5) is 10.8 Å². The number of carbonyl (C=O) groups excluding carboxylic acids is 2. The maximum absolute atomic E-state index is 12.5. The number of nitrogens with zero attached hydrogens (tertiary/aromatic N) is 3. The van der Waals surface area contributed by atoms with Crippen molar-refractivity contribution in [1.29, 1.82) is 0 Å². The molecule has 1 aromatic carbocycles. The second-order valence-electron chi connectivity index (χ2n) is 7.23. The molecule has 1 saturated carbocycles. The summed E-state index contributed by atoms with van der Waals surface area (Å²) in [6.07, 6.45) is 2.48. The number of thioether (sulfide) groups is 1. The van der Waals surface area contributed by atoms with Gasteiger partial charge >= 0.3 is 0 Å². The van der Waals surface area contributed by atoms with Gasteiger partial charge in [0, 0.05) is 18.2 Å². The molecule has 0 unspecified atom stereocenters. The van der Waals surface area contributed by atoms with Crippen molar-refractivity contribution in [3.05, 3.63) is 29.8 Å². The Morgan fingerprint density at radius 2 is 1.89 bits per heavy atom. The van der Waals surface area contributed by atoms with Gasteiger partial charge in [0.1, 0.15) is 0 Å². The molecular weight excluding hydrogens is 392 g/mol. The van der Waals surface area contributed by atoms with Crippen molar-refractivity contribution < 1.29 is 9.59 Å². The van der Waals surface area contributed by atoms with Gasteiger partial charge in [0.15, 0.2) is 4.34 Å². The average Bonchev–Trinajstić information content (AvgIpc) is 3.40. The number of nitrogens with one attached hydrogen (secondary N) is 1. The van der Waals surface area contributed by atoms with Crippen LogP contribution in [0.5, 0.6) is 0 Å².